The molecule has 0 radical (unpaired) electrons. The predicted octanol–water partition coefficient (Wildman–Crippen LogP) is 6.21. The summed E-state index contributed by atoms with van der Waals surface area (Å²) in [5, 5.41) is 1.31. The van der Waals surface area contributed by atoms with Crippen molar-refractivity contribution in [3.63, 3.8) is 0 Å². The molecule has 1 amide bonds. The maximum Gasteiger partial charge on any atom is 0.339 e. The van der Waals surface area contributed by atoms with Gasteiger partial charge < -0.3 is 14.2 Å². The first-order chi connectivity index (χ1) is 16.6. The molecule has 4 rings (SSSR count). The number of carbonyl (C=O) groups excluding carboxylic acids is 2. The number of rotatable bonds is 5. The Bertz CT molecular complexity index is 1220. The number of likely N-dealkylation sites (tertiary alicyclic amines) is 1. The minimum atomic E-state index is -0.636. The van der Waals surface area contributed by atoms with Gasteiger partial charge in [-0.1, -0.05) is 35.3 Å². The number of hydrogen-bond donors (Lipinski definition) is 0. The lowest BCUT2D eigenvalue weighted by molar-refractivity contribution is 0.00664. The van der Waals surface area contributed by atoms with E-state index >= 15 is 0 Å². The molecular formula is C27H29Cl2N3O3. The van der Waals surface area contributed by atoms with Gasteiger partial charge in [0.15, 0.2) is 0 Å². The molecule has 8 heteroatoms. The number of ether oxygens (including phenoxy) is 1. The molecule has 35 heavy (non-hydrogen) atoms. The quantitative estimate of drug-likeness (QED) is 0.380. The fraction of sp³-hybridized carbons (Fsp3) is 0.370. The zero-order chi connectivity index (χ0) is 25.2. The molecule has 1 aromatic heterocycles. The van der Waals surface area contributed by atoms with E-state index in [1.165, 1.54) is 0 Å². The van der Waals surface area contributed by atoms with Crippen LogP contribution in [0.3, 0.4) is 0 Å². The van der Waals surface area contributed by atoms with Crippen molar-refractivity contribution in [2.75, 3.05) is 13.1 Å². The van der Waals surface area contributed by atoms with Crippen molar-refractivity contribution in [3.05, 3.63) is 87.4 Å². The molecule has 1 aliphatic rings. The normalized spacial score (nSPS) is 14.7. The number of piperidine rings is 1. The molecule has 1 saturated heterocycles. The number of carbonyl (C=O) groups is 2. The van der Waals surface area contributed by atoms with E-state index in [1.807, 2.05) is 33.0 Å². The summed E-state index contributed by atoms with van der Waals surface area (Å²) in [7, 11) is 0. The summed E-state index contributed by atoms with van der Waals surface area (Å²) in [6.45, 7) is 7.17. The molecule has 3 aromatic rings. The zero-order valence-corrected chi connectivity index (χ0v) is 21.6. The van der Waals surface area contributed by atoms with E-state index in [9.17, 15) is 9.59 Å². The second kappa shape index (κ2) is 10.4. The van der Waals surface area contributed by atoms with Gasteiger partial charge >= 0.3 is 5.97 Å². The lowest BCUT2D eigenvalue weighted by atomic mass is 9.94. The molecule has 0 aliphatic carbocycles. The summed E-state index contributed by atoms with van der Waals surface area (Å²) < 4.78 is 7.60. The minimum Gasteiger partial charge on any atom is -0.456 e. The van der Waals surface area contributed by atoms with E-state index < -0.39 is 11.6 Å². The number of benzene rings is 2. The van der Waals surface area contributed by atoms with Gasteiger partial charge in [0.1, 0.15) is 11.4 Å². The predicted molar refractivity (Wildman–Crippen MR) is 137 cm³/mol. The monoisotopic (exact) mass is 513 g/mol. The van der Waals surface area contributed by atoms with Crippen molar-refractivity contribution in [2.45, 2.75) is 51.7 Å². The van der Waals surface area contributed by atoms with Crippen LogP contribution in [0, 0.1) is 0 Å². The SMILES string of the molecule is CC(C)(C)OC(=O)c1ccccc1C(=O)N1CCC(c2nccn2Cc2cc(Cl)ccc2Cl)CC1. The Hall–Kier alpha value is -2.83. The van der Waals surface area contributed by atoms with Gasteiger partial charge in [-0.3, -0.25) is 4.79 Å². The Balaban J connectivity index is 1.44. The highest BCUT2D eigenvalue weighted by atomic mass is 35.5. The number of amides is 1. The fourth-order valence-corrected chi connectivity index (χ4v) is 4.73. The first kappa shape index (κ1) is 25.3. The van der Waals surface area contributed by atoms with E-state index in [2.05, 4.69) is 9.55 Å². The third-order valence-electron chi connectivity index (χ3n) is 6.02. The minimum absolute atomic E-state index is 0.154. The topological polar surface area (TPSA) is 64.4 Å². The molecular weight excluding hydrogens is 485 g/mol. The zero-order valence-electron chi connectivity index (χ0n) is 20.1. The Morgan fingerprint density at radius 1 is 1.06 bits per heavy atom. The molecule has 0 bridgehead atoms. The van der Waals surface area contributed by atoms with Crippen LogP contribution in [0.25, 0.3) is 0 Å². The number of esters is 1. The van der Waals surface area contributed by atoms with E-state index in [-0.39, 0.29) is 11.8 Å². The number of nitrogens with zero attached hydrogens (tertiary/aromatic N) is 3. The van der Waals surface area contributed by atoms with Crippen LogP contribution in [0.5, 0.6) is 0 Å². The van der Waals surface area contributed by atoms with Gasteiger partial charge in [-0.15, -0.1) is 0 Å². The Labute approximate surface area is 215 Å². The lowest BCUT2D eigenvalue weighted by Gasteiger charge is -2.32. The van der Waals surface area contributed by atoms with Crippen LogP contribution in [0.2, 0.25) is 10.0 Å². The van der Waals surface area contributed by atoms with Crippen LogP contribution in [0.15, 0.2) is 54.9 Å². The van der Waals surface area contributed by atoms with Crippen LogP contribution < -0.4 is 0 Å². The average Bonchev–Trinajstić information content (AvgIpc) is 3.28. The van der Waals surface area contributed by atoms with Gasteiger partial charge in [-0.25, -0.2) is 9.78 Å². The number of aromatic nitrogens is 2. The highest BCUT2D eigenvalue weighted by molar-refractivity contribution is 6.33. The molecule has 2 aromatic carbocycles. The maximum absolute atomic E-state index is 13.3. The Morgan fingerprint density at radius 3 is 2.43 bits per heavy atom. The van der Waals surface area contributed by atoms with Crippen molar-refractivity contribution in [3.8, 4) is 0 Å². The highest BCUT2D eigenvalue weighted by Crippen LogP contribution is 2.30. The molecule has 1 fully saturated rings. The first-order valence-electron chi connectivity index (χ1n) is 11.7. The maximum atomic E-state index is 13.3. The summed E-state index contributed by atoms with van der Waals surface area (Å²) >= 11 is 12.5. The summed E-state index contributed by atoms with van der Waals surface area (Å²) in [4.78, 5) is 32.4. The summed E-state index contributed by atoms with van der Waals surface area (Å²) in [6.07, 6.45) is 5.30. The molecule has 0 N–H and O–H groups in total. The number of halogens is 2. The van der Waals surface area contributed by atoms with Crippen LogP contribution in [0.1, 0.15) is 71.6 Å². The van der Waals surface area contributed by atoms with Gasteiger partial charge in [0.05, 0.1) is 17.7 Å². The van der Waals surface area contributed by atoms with Gasteiger partial charge in [-0.2, -0.15) is 0 Å². The second-order valence-corrected chi connectivity index (χ2v) is 10.6. The molecule has 0 spiro atoms. The molecule has 6 nitrogen and oxygen atoms in total. The van der Waals surface area contributed by atoms with Crippen LogP contribution in [-0.4, -0.2) is 45.0 Å². The number of hydrogen-bond acceptors (Lipinski definition) is 4. The van der Waals surface area contributed by atoms with E-state index in [0.717, 1.165) is 24.2 Å². The fourth-order valence-electron chi connectivity index (χ4n) is 4.35. The summed E-state index contributed by atoms with van der Waals surface area (Å²) in [5.74, 6) is 0.549. The summed E-state index contributed by atoms with van der Waals surface area (Å²) in [6, 6.07) is 12.3. The smallest absolute Gasteiger partial charge is 0.339 e. The van der Waals surface area contributed by atoms with Crippen LogP contribution >= 0.6 is 23.2 Å². The average molecular weight is 514 g/mol. The third-order valence-corrected chi connectivity index (χ3v) is 6.62. The second-order valence-electron chi connectivity index (χ2n) is 9.76. The standard InChI is InChI=1S/C27H29Cl2N3O3/c1-27(2,3)35-26(34)22-7-5-4-6-21(22)25(33)31-13-10-18(11-14-31)24-30-12-15-32(24)17-19-16-20(28)8-9-23(19)29/h4-9,12,15-16,18H,10-11,13-14,17H2,1-3H3. The first-order valence-corrected chi connectivity index (χ1v) is 12.4. The molecule has 0 saturated carbocycles. The van der Waals surface area contributed by atoms with Gasteiger partial charge in [0, 0.05) is 41.4 Å². The van der Waals surface area contributed by atoms with Crippen LogP contribution in [0.4, 0.5) is 0 Å². The van der Waals surface area contributed by atoms with E-state index in [1.54, 1.807) is 47.5 Å². The Morgan fingerprint density at radius 2 is 1.74 bits per heavy atom. The van der Waals surface area contributed by atoms with Crippen LogP contribution in [-0.2, 0) is 11.3 Å². The van der Waals surface area contributed by atoms with Gasteiger partial charge in [-0.05, 0) is 69.5 Å². The molecule has 0 atom stereocenters. The van der Waals surface area contributed by atoms with E-state index in [4.69, 9.17) is 27.9 Å². The van der Waals surface area contributed by atoms with Crippen molar-refractivity contribution >= 4 is 35.1 Å². The summed E-state index contributed by atoms with van der Waals surface area (Å²) in [5.41, 5.74) is 0.966. The number of imidazole rings is 1. The molecule has 184 valence electrons. The third kappa shape index (κ3) is 6.06. The van der Waals surface area contributed by atoms with Gasteiger partial charge in [0.2, 0.25) is 0 Å². The lowest BCUT2D eigenvalue weighted by Crippen LogP contribution is -2.39. The largest absolute Gasteiger partial charge is 0.456 e. The van der Waals surface area contributed by atoms with Crippen molar-refractivity contribution in [1.82, 2.24) is 14.5 Å². The molecule has 1 aliphatic heterocycles. The molecule has 0 unspecified atom stereocenters. The van der Waals surface area contributed by atoms with E-state index in [0.29, 0.717) is 40.8 Å². The van der Waals surface area contributed by atoms with Crippen molar-refractivity contribution in [2.24, 2.45) is 0 Å². The van der Waals surface area contributed by atoms with Gasteiger partial charge in [0.25, 0.3) is 5.91 Å². The Kier molecular flexibility index (Phi) is 7.53. The highest BCUT2D eigenvalue weighted by Gasteiger charge is 2.30. The van der Waals surface area contributed by atoms with Crippen molar-refractivity contribution < 1.29 is 14.3 Å². The molecule has 2 heterocycles. The van der Waals surface area contributed by atoms with Crippen molar-refractivity contribution in [1.29, 1.82) is 0 Å².